The van der Waals surface area contributed by atoms with Crippen molar-refractivity contribution < 1.29 is 9.53 Å². The number of hydrogen-bond acceptors (Lipinski definition) is 5. The first kappa shape index (κ1) is 21.7. The van der Waals surface area contributed by atoms with Gasteiger partial charge in [0.05, 0.1) is 17.8 Å². The van der Waals surface area contributed by atoms with Crippen LogP contribution in [0.1, 0.15) is 59.6 Å². The lowest BCUT2D eigenvalue weighted by atomic mass is 9.89. The molecular weight excluding hydrogens is 390 g/mol. The molecule has 29 heavy (non-hydrogen) atoms. The van der Waals surface area contributed by atoms with Gasteiger partial charge in [-0.05, 0) is 51.3 Å². The van der Waals surface area contributed by atoms with Gasteiger partial charge in [-0.25, -0.2) is 4.68 Å². The molecule has 3 heterocycles. The topological polar surface area (TPSA) is 81.1 Å². The van der Waals surface area contributed by atoms with Gasteiger partial charge in [0.1, 0.15) is 0 Å². The van der Waals surface area contributed by atoms with Crippen LogP contribution in [0.25, 0.3) is 0 Å². The van der Waals surface area contributed by atoms with E-state index in [-0.39, 0.29) is 30.3 Å². The van der Waals surface area contributed by atoms with Crippen LogP contribution in [0.3, 0.4) is 0 Å². The van der Waals surface area contributed by atoms with Gasteiger partial charge in [-0.2, -0.15) is 0 Å². The molecule has 0 radical (unpaired) electrons. The largest absolute Gasteiger partial charge is 0.373 e. The summed E-state index contributed by atoms with van der Waals surface area (Å²) in [5, 5.41) is 14.9. The molecule has 0 saturated carbocycles. The van der Waals surface area contributed by atoms with Gasteiger partial charge in [-0.3, -0.25) is 4.79 Å². The van der Waals surface area contributed by atoms with Crippen LogP contribution in [-0.4, -0.2) is 47.1 Å². The van der Waals surface area contributed by atoms with Crippen LogP contribution >= 0.6 is 12.4 Å². The number of piperidine rings is 1. The molecule has 7 nitrogen and oxygen atoms in total. The summed E-state index contributed by atoms with van der Waals surface area (Å²) in [5.74, 6) is 0.120. The molecule has 1 aromatic heterocycles. The molecule has 2 aliphatic heterocycles. The van der Waals surface area contributed by atoms with Crippen molar-refractivity contribution in [2.75, 3.05) is 26.2 Å². The van der Waals surface area contributed by atoms with Crippen LogP contribution in [0.2, 0.25) is 0 Å². The zero-order valence-electron chi connectivity index (χ0n) is 16.8. The third kappa shape index (κ3) is 4.97. The van der Waals surface area contributed by atoms with Crippen molar-refractivity contribution in [1.29, 1.82) is 0 Å². The minimum atomic E-state index is -0.143. The lowest BCUT2D eigenvalue weighted by molar-refractivity contribution is -0.0272. The molecular formula is C21H30ClN5O2. The van der Waals surface area contributed by atoms with Crippen molar-refractivity contribution >= 4 is 18.3 Å². The zero-order chi connectivity index (χ0) is 19.3. The monoisotopic (exact) mass is 419 g/mol. The minimum Gasteiger partial charge on any atom is -0.373 e. The number of nitrogens with zero attached hydrogens (tertiary/aromatic N) is 3. The Kier molecular flexibility index (Phi) is 7.64. The number of ether oxygens (including phenoxy) is 1. The number of carbonyl (C=O) groups is 1. The van der Waals surface area contributed by atoms with Crippen molar-refractivity contribution in [2.45, 2.75) is 44.8 Å². The van der Waals surface area contributed by atoms with Gasteiger partial charge in [0.25, 0.3) is 5.91 Å². The van der Waals surface area contributed by atoms with E-state index in [1.54, 1.807) is 0 Å². The van der Waals surface area contributed by atoms with E-state index < -0.39 is 0 Å². The Hall–Kier alpha value is -1.96. The van der Waals surface area contributed by atoms with E-state index in [1.165, 1.54) is 5.56 Å². The molecule has 2 saturated heterocycles. The molecule has 0 bridgehead atoms. The van der Waals surface area contributed by atoms with Crippen LogP contribution in [0.4, 0.5) is 0 Å². The quantitative estimate of drug-likeness (QED) is 0.778. The summed E-state index contributed by atoms with van der Waals surface area (Å²) in [4.78, 5) is 12.8. The first-order valence-corrected chi connectivity index (χ1v) is 10.3. The van der Waals surface area contributed by atoms with E-state index in [0.29, 0.717) is 18.3 Å². The number of aromatic nitrogens is 3. The number of nitrogens with one attached hydrogen (secondary N) is 2. The van der Waals surface area contributed by atoms with Crippen LogP contribution < -0.4 is 10.6 Å². The fraction of sp³-hybridized carbons (Fsp3) is 0.571. The minimum absolute atomic E-state index is 0. The summed E-state index contributed by atoms with van der Waals surface area (Å²) >= 11 is 0. The molecule has 1 aromatic carbocycles. The van der Waals surface area contributed by atoms with E-state index >= 15 is 0 Å². The average molecular weight is 420 g/mol. The SMILES string of the molecule is Cc1c(C(=O)NCC2CCCOC2c2ccccc2)nnn1C1CCNCC1.Cl. The standard InChI is InChI=1S/C21H29N5O2.ClH/c1-15-19(24-25-26(15)18-9-11-22-12-10-18)21(27)23-14-17-8-5-13-28-20(17)16-6-3-2-4-7-16;/h2-4,6-7,17-18,20,22H,5,8-14H2,1H3,(H,23,27);1H. The van der Waals surface area contributed by atoms with E-state index in [9.17, 15) is 4.79 Å². The number of amides is 1. The first-order chi connectivity index (χ1) is 13.7. The summed E-state index contributed by atoms with van der Waals surface area (Å²) in [5.41, 5.74) is 2.46. The second-order valence-corrected chi connectivity index (χ2v) is 7.76. The zero-order valence-corrected chi connectivity index (χ0v) is 17.7. The maximum atomic E-state index is 12.8. The van der Waals surface area contributed by atoms with Crippen LogP contribution in [-0.2, 0) is 4.74 Å². The highest BCUT2D eigenvalue weighted by Gasteiger charge is 2.29. The van der Waals surface area contributed by atoms with Crippen molar-refractivity contribution in [3.05, 3.63) is 47.3 Å². The summed E-state index contributed by atoms with van der Waals surface area (Å²) in [6.45, 7) is 5.25. The molecule has 2 atom stereocenters. The highest BCUT2D eigenvalue weighted by Crippen LogP contribution is 2.33. The molecule has 0 aliphatic carbocycles. The number of carbonyl (C=O) groups excluding carboxylic acids is 1. The average Bonchev–Trinajstić information content (AvgIpc) is 3.15. The fourth-order valence-corrected chi connectivity index (χ4v) is 4.32. The van der Waals surface area contributed by atoms with Gasteiger partial charge < -0.3 is 15.4 Å². The summed E-state index contributed by atoms with van der Waals surface area (Å²) in [7, 11) is 0. The first-order valence-electron chi connectivity index (χ1n) is 10.3. The molecule has 0 spiro atoms. The molecule has 4 rings (SSSR count). The van der Waals surface area contributed by atoms with E-state index in [0.717, 1.165) is 51.1 Å². The fourth-order valence-electron chi connectivity index (χ4n) is 4.32. The van der Waals surface area contributed by atoms with Gasteiger partial charge in [-0.15, -0.1) is 17.5 Å². The van der Waals surface area contributed by atoms with E-state index in [4.69, 9.17) is 4.74 Å². The van der Waals surface area contributed by atoms with Crippen LogP contribution in [0.15, 0.2) is 30.3 Å². The molecule has 1 amide bonds. The summed E-state index contributed by atoms with van der Waals surface area (Å²) in [6.07, 6.45) is 4.13. The van der Waals surface area contributed by atoms with Gasteiger partial charge in [0.15, 0.2) is 5.69 Å². The van der Waals surface area contributed by atoms with Crippen molar-refractivity contribution in [3.63, 3.8) is 0 Å². The third-order valence-corrected chi connectivity index (χ3v) is 5.89. The Labute approximate surface area is 178 Å². The Balaban J connectivity index is 0.00000240. The highest BCUT2D eigenvalue weighted by molar-refractivity contribution is 5.93. The lowest BCUT2D eigenvalue weighted by Crippen LogP contribution is -2.35. The van der Waals surface area contributed by atoms with Crippen LogP contribution in [0.5, 0.6) is 0 Å². The molecule has 2 fully saturated rings. The summed E-state index contributed by atoms with van der Waals surface area (Å²) in [6, 6.07) is 10.6. The van der Waals surface area contributed by atoms with E-state index in [2.05, 4.69) is 33.1 Å². The van der Waals surface area contributed by atoms with Crippen molar-refractivity contribution in [2.24, 2.45) is 5.92 Å². The number of benzene rings is 1. The highest BCUT2D eigenvalue weighted by atomic mass is 35.5. The molecule has 2 aromatic rings. The van der Waals surface area contributed by atoms with Gasteiger partial charge >= 0.3 is 0 Å². The normalized spacial score (nSPS) is 22.7. The number of halogens is 1. The molecule has 2 N–H and O–H groups in total. The Morgan fingerprint density at radius 2 is 2.00 bits per heavy atom. The Morgan fingerprint density at radius 3 is 2.76 bits per heavy atom. The molecule has 2 unspecified atom stereocenters. The Bertz CT molecular complexity index is 792. The predicted octanol–water partition coefficient (Wildman–Crippen LogP) is 2.83. The van der Waals surface area contributed by atoms with Crippen molar-refractivity contribution in [3.8, 4) is 0 Å². The maximum absolute atomic E-state index is 12.8. The van der Waals surface area contributed by atoms with Gasteiger partial charge in [0.2, 0.25) is 0 Å². The molecule has 2 aliphatic rings. The van der Waals surface area contributed by atoms with Crippen LogP contribution in [0, 0.1) is 12.8 Å². The summed E-state index contributed by atoms with van der Waals surface area (Å²) < 4.78 is 7.96. The lowest BCUT2D eigenvalue weighted by Gasteiger charge is -2.32. The number of rotatable bonds is 5. The van der Waals surface area contributed by atoms with Gasteiger partial charge in [-0.1, -0.05) is 35.5 Å². The number of hydrogen-bond donors (Lipinski definition) is 2. The second kappa shape index (κ2) is 10.2. The van der Waals surface area contributed by atoms with Crippen molar-refractivity contribution in [1.82, 2.24) is 25.6 Å². The Morgan fingerprint density at radius 1 is 1.24 bits per heavy atom. The maximum Gasteiger partial charge on any atom is 0.273 e. The second-order valence-electron chi connectivity index (χ2n) is 7.76. The predicted molar refractivity (Wildman–Crippen MR) is 113 cm³/mol. The smallest absolute Gasteiger partial charge is 0.273 e. The molecule has 8 heteroatoms. The van der Waals surface area contributed by atoms with Gasteiger partial charge in [0, 0.05) is 19.1 Å². The van der Waals surface area contributed by atoms with E-state index in [1.807, 2.05) is 29.8 Å². The third-order valence-electron chi connectivity index (χ3n) is 5.89. The molecule has 158 valence electrons.